The highest BCUT2D eigenvalue weighted by Crippen LogP contribution is 2.29. The van der Waals surface area contributed by atoms with Gasteiger partial charge >= 0.3 is 0 Å². The lowest BCUT2D eigenvalue weighted by Gasteiger charge is -2.37. The van der Waals surface area contributed by atoms with Gasteiger partial charge in [0.1, 0.15) is 5.82 Å². The number of nitrogens with zero attached hydrogens (tertiary/aromatic N) is 3. The summed E-state index contributed by atoms with van der Waals surface area (Å²) in [5.41, 5.74) is 6.93. The molecule has 1 aromatic rings. The van der Waals surface area contributed by atoms with Crippen molar-refractivity contribution in [2.24, 2.45) is 10.9 Å². The second-order valence-electron chi connectivity index (χ2n) is 5.40. The lowest BCUT2D eigenvalue weighted by molar-refractivity contribution is 0.248. The fourth-order valence-corrected chi connectivity index (χ4v) is 2.81. The molecule has 1 saturated heterocycles. The Morgan fingerprint density at radius 3 is 2.55 bits per heavy atom. The normalized spacial score (nSPS) is 21.2. The van der Waals surface area contributed by atoms with E-state index >= 15 is 0 Å². The number of hydrogen-bond donors (Lipinski definition) is 2. The lowest BCUT2D eigenvalue weighted by atomic mass is 10.1. The van der Waals surface area contributed by atoms with Crippen molar-refractivity contribution in [3.63, 3.8) is 0 Å². The van der Waals surface area contributed by atoms with E-state index in [-0.39, 0.29) is 11.7 Å². The molecular weight excluding hydrogens is 259 g/mol. The van der Waals surface area contributed by atoms with Crippen LogP contribution < -0.4 is 10.6 Å². The van der Waals surface area contributed by atoms with Crippen molar-refractivity contribution in [1.29, 1.82) is 0 Å². The monoisotopic (exact) mass is 278 g/mol. The van der Waals surface area contributed by atoms with Crippen molar-refractivity contribution in [2.45, 2.75) is 18.9 Å². The first kappa shape index (κ1) is 13.2. The Kier molecular flexibility index (Phi) is 3.48. The molecule has 1 heterocycles. The van der Waals surface area contributed by atoms with Crippen LogP contribution in [0.3, 0.4) is 0 Å². The number of nitrogens with two attached hydrogens (primary N) is 1. The van der Waals surface area contributed by atoms with Crippen molar-refractivity contribution in [3.05, 3.63) is 29.6 Å². The Morgan fingerprint density at radius 2 is 1.95 bits per heavy atom. The molecule has 0 aromatic heterocycles. The van der Waals surface area contributed by atoms with Gasteiger partial charge in [-0.05, 0) is 31.0 Å². The quantitative estimate of drug-likeness (QED) is 0.377. The zero-order chi connectivity index (χ0) is 14.1. The van der Waals surface area contributed by atoms with Crippen molar-refractivity contribution in [2.75, 3.05) is 31.1 Å². The summed E-state index contributed by atoms with van der Waals surface area (Å²) < 4.78 is 13.4. The summed E-state index contributed by atoms with van der Waals surface area (Å²) in [6.45, 7) is 3.79. The van der Waals surface area contributed by atoms with Gasteiger partial charge in [-0.3, -0.25) is 4.90 Å². The zero-order valence-corrected chi connectivity index (χ0v) is 11.3. The van der Waals surface area contributed by atoms with Crippen LogP contribution in [0.1, 0.15) is 18.4 Å². The predicted octanol–water partition coefficient (Wildman–Crippen LogP) is 1.20. The summed E-state index contributed by atoms with van der Waals surface area (Å²) in [5, 5.41) is 11.8. The first-order chi connectivity index (χ1) is 9.69. The van der Waals surface area contributed by atoms with Crippen molar-refractivity contribution in [3.8, 4) is 0 Å². The average Bonchev–Trinajstić information content (AvgIpc) is 3.31. The predicted molar refractivity (Wildman–Crippen MR) is 75.7 cm³/mol. The minimum Gasteiger partial charge on any atom is -0.409 e. The molecule has 0 spiro atoms. The van der Waals surface area contributed by atoms with E-state index in [1.807, 2.05) is 0 Å². The van der Waals surface area contributed by atoms with Crippen LogP contribution in [0, 0.1) is 5.82 Å². The lowest BCUT2D eigenvalue weighted by Crippen LogP contribution is -2.47. The molecule has 20 heavy (non-hydrogen) atoms. The Morgan fingerprint density at radius 1 is 1.25 bits per heavy atom. The van der Waals surface area contributed by atoms with E-state index < -0.39 is 0 Å². The molecule has 0 radical (unpaired) electrons. The van der Waals surface area contributed by atoms with Gasteiger partial charge in [-0.1, -0.05) is 5.16 Å². The van der Waals surface area contributed by atoms with Crippen LogP contribution in [0.15, 0.2) is 23.4 Å². The van der Waals surface area contributed by atoms with Crippen molar-refractivity contribution in [1.82, 2.24) is 4.90 Å². The van der Waals surface area contributed by atoms with E-state index in [0.29, 0.717) is 5.56 Å². The van der Waals surface area contributed by atoms with Crippen LogP contribution in [0.25, 0.3) is 0 Å². The molecule has 1 aliphatic carbocycles. The fourth-order valence-electron chi connectivity index (χ4n) is 2.81. The van der Waals surface area contributed by atoms with Gasteiger partial charge in [-0.15, -0.1) is 0 Å². The maximum Gasteiger partial charge on any atom is 0.172 e. The Labute approximate surface area is 117 Å². The third kappa shape index (κ3) is 2.56. The van der Waals surface area contributed by atoms with E-state index in [1.54, 1.807) is 6.07 Å². The zero-order valence-electron chi connectivity index (χ0n) is 11.3. The number of hydrogen-bond acceptors (Lipinski definition) is 4. The molecule has 0 atom stereocenters. The summed E-state index contributed by atoms with van der Waals surface area (Å²) in [4.78, 5) is 4.68. The van der Waals surface area contributed by atoms with Gasteiger partial charge in [0.15, 0.2) is 5.84 Å². The Balaban J connectivity index is 1.79. The van der Waals surface area contributed by atoms with Gasteiger partial charge in [0.05, 0.1) is 0 Å². The van der Waals surface area contributed by atoms with E-state index in [0.717, 1.165) is 37.9 Å². The average molecular weight is 278 g/mol. The molecule has 3 N–H and O–H groups in total. The van der Waals surface area contributed by atoms with Gasteiger partial charge in [-0.2, -0.15) is 0 Å². The van der Waals surface area contributed by atoms with Crippen LogP contribution >= 0.6 is 0 Å². The molecule has 6 heteroatoms. The SMILES string of the molecule is NC(=NO)c1cc(F)ccc1N1CCN(C2CC2)CC1. The van der Waals surface area contributed by atoms with Crippen molar-refractivity contribution < 1.29 is 9.60 Å². The van der Waals surface area contributed by atoms with Gasteiger partial charge in [-0.25, -0.2) is 4.39 Å². The maximum atomic E-state index is 13.4. The number of amidine groups is 1. The number of rotatable bonds is 3. The minimum absolute atomic E-state index is 0.0517. The summed E-state index contributed by atoms with van der Waals surface area (Å²) in [5.74, 6) is -0.434. The molecule has 1 aromatic carbocycles. The van der Waals surface area contributed by atoms with Gasteiger partial charge in [0.25, 0.3) is 0 Å². The third-order valence-electron chi connectivity index (χ3n) is 4.06. The fraction of sp³-hybridized carbons (Fsp3) is 0.500. The minimum atomic E-state index is -0.382. The summed E-state index contributed by atoms with van der Waals surface area (Å²) >= 11 is 0. The van der Waals surface area contributed by atoms with Gasteiger partial charge in [0, 0.05) is 43.5 Å². The highest BCUT2D eigenvalue weighted by atomic mass is 19.1. The molecule has 1 aliphatic heterocycles. The number of anilines is 1. The standard InChI is InChI=1S/C14H19FN4O/c15-10-1-4-13(12(9-10)14(16)17-20)19-7-5-18(6-8-19)11-2-3-11/h1,4,9,11,20H,2-3,5-8H2,(H2,16,17). The highest BCUT2D eigenvalue weighted by Gasteiger charge is 2.31. The molecule has 0 bridgehead atoms. The molecule has 3 rings (SSSR count). The van der Waals surface area contributed by atoms with Crippen LogP contribution in [0.4, 0.5) is 10.1 Å². The third-order valence-corrected chi connectivity index (χ3v) is 4.06. The Bertz CT molecular complexity index is 522. The van der Waals surface area contributed by atoms with E-state index in [4.69, 9.17) is 10.9 Å². The highest BCUT2D eigenvalue weighted by molar-refractivity contribution is 6.02. The summed E-state index contributed by atoms with van der Waals surface area (Å²) in [7, 11) is 0. The molecule has 2 fully saturated rings. The largest absolute Gasteiger partial charge is 0.409 e. The molecule has 108 valence electrons. The Hall–Kier alpha value is -1.82. The molecular formula is C14H19FN4O. The number of benzene rings is 1. The van der Waals surface area contributed by atoms with Crippen LogP contribution in [0.5, 0.6) is 0 Å². The number of oxime groups is 1. The molecule has 5 nitrogen and oxygen atoms in total. The first-order valence-electron chi connectivity index (χ1n) is 6.95. The van der Waals surface area contributed by atoms with E-state index in [1.165, 1.54) is 25.0 Å². The van der Waals surface area contributed by atoms with Gasteiger partial charge in [0.2, 0.25) is 0 Å². The van der Waals surface area contributed by atoms with Crippen LogP contribution in [0.2, 0.25) is 0 Å². The number of halogens is 1. The molecule has 0 amide bonds. The smallest absolute Gasteiger partial charge is 0.172 e. The molecule has 0 unspecified atom stereocenters. The van der Waals surface area contributed by atoms with Crippen LogP contribution in [-0.2, 0) is 0 Å². The maximum absolute atomic E-state index is 13.4. The van der Waals surface area contributed by atoms with Crippen molar-refractivity contribution >= 4 is 11.5 Å². The summed E-state index contributed by atoms with van der Waals surface area (Å²) in [6, 6.07) is 5.21. The van der Waals surface area contributed by atoms with E-state index in [9.17, 15) is 4.39 Å². The number of piperazine rings is 1. The first-order valence-corrected chi connectivity index (χ1v) is 6.95. The summed E-state index contributed by atoms with van der Waals surface area (Å²) in [6.07, 6.45) is 2.62. The second-order valence-corrected chi connectivity index (χ2v) is 5.40. The van der Waals surface area contributed by atoms with E-state index in [2.05, 4.69) is 15.0 Å². The van der Waals surface area contributed by atoms with Crippen LogP contribution in [-0.4, -0.2) is 48.2 Å². The second kappa shape index (κ2) is 5.28. The topological polar surface area (TPSA) is 65.1 Å². The molecule has 2 aliphatic rings. The van der Waals surface area contributed by atoms with Gasteiger partial charge < -0.3 is 15.8 Å². The molecule has 1 saturated carbocycles.